The summed E-state index contributed by atoms with van der Waals surface area (Å²) in [5, 5.41) is -0.129. The summed E-state index contributed by atoms with van der Waals surface area (Å²) in [5.41, 5.74) is -5.35. The van der Waals surface area contributed by atoms with Crippen LogP contribution in [0.5, 0.6) is 0 Å². The molecule has 0 aromatic rings. The maximum absolute atomic E-state index is 14.7. The molecule has 0 rings (SSSR count). The molecule has 5 nitrogen and oxygen atoms in total. The van der Waals surface area contributed by atoms with Gasteiger partial charge in [0.1, 0.15) is 0 Å². The Morgan fingerprint density at radius 3 is 1.56 bits per heavy atom. The van der Waals surface area contributed by atoms with Gasteiger partial charge < -0.3 is 9.05 Å². The van der Waals surface area contributed by atoms with Gasteiger partial charge in [-0.3, -0.25) is 14.2 Å². The number of hydrogen-bond donors (Lipinski definition) is 0. The van der Waals surface area contributed by atoms with Gasteiger partial charge >= 0.3 is 13.3 Å². The first-order chi connectivity index (χ1) is 12.4. The van der Waals surface area contributed by atoms with Crippen LogP contribution in [0.25, 0.3) is 0 Å². The molecule has 0 aliphatic heterocycles. The zero-order valence-electron chi connectivity index (χ0n) is 16.7. The molecule has 0 fully saturated rings. The number of halogens is 2. The van der Waals surface area contributed by atoms with Crippen LogP contribution in [0.4, 0.5) is 8.78 Å². The summed E-state index contributed by atoms with van der Waals surface area (Å²) in [5.74, 6) is 0.242. The molecule has 160 valence electrons. The first-order valence-corrected chi connectivity index (χ1v) is 12.5. The summed E-state index contributed by atoms with van der Waals surface area (Å²) >= 11 is 1.93. The molecule has 0 aromatic carbocycles. The maximum atomic E-state index is 14.7. The molecule has 27 heavy (non-hydrogen) atoms. The lowest BCUT2D eigenvalue weighted by Crippen LogP contribution is -2.35. The summed E-state index contributed by atoms with van der Waals surface area (Å²) in [4.78, 5) is 23.0. The van der Waals surface area contributed by atoms with Crippen molar-refractivity contribution in [3.63, 3.8) is 0 Å². The molecule has 0 spiro atoms. The number of hydrogen-bond acceptors (Lipinski definition) is 7. The van der Waals surface area contributed by atoms with Crippen LogP contribution in [0.3, 0.4) is 0 Å². The van der Waals surface area contributed by atoms with E-state index in [9.17, 15) is 22.9 Å². The molecule has 0 aromatic heterocycles. The third-order valence-corrected chi connectivity index (χ3v) is 7.57. The Kier molecular flexibility index (Phi) is 12.6. The summed E-state index contributed by atoms with van der Waals surface area (Å²) in [6.45, 7) is 6.92. The largest absolute Gasteiger partial charge is 0.400 e. The molecule has 0 atom stereocenters. The molecule has 0 bridgehead atoms. The van der Waals surface area contributed by atoms with Crippen LogP contribution in [-0.2, 0) is 23.2 Å². The Hall–Kier alpha value is 0.0500. The highest BCUT2D eigenvalue weighted by Crippen LogP contribution is 2.67. The number of alkyl halides is 2. The van der Waals surface area contributed by atoms with Crippen LogP contribution >= 0.6 is 31.1 Å². The van der Waals surface area contributed by atoms with E-state index in [1.807, 2.05) is 13.8 Å². The lowest BCUT2D eigenvalue weighted by Gasteiger charge is -2.35. The van der Waals surface area contributed by atoms with Crippen molar-refractivity contribution in [2.24, 2.45) is 5.41 Å². The van der Waals surface area contributed by atoms with Gasteiger partial charge in [-0.05, 0) is 12.8 Å². The van der Waals surface area contributed by atoms with Gasteiger partial charge in [-0.25, -0.2) is 0 Å². The van der Waals surface area contributed by atoms with E-state index in [0.29, 0.717) is 25.7 Å². The Labute approximate surface area is 169 Å². The second-order valence-corrected chi connectivity index (χ2v) is 11.3. The quantitative estimate of drug-likeness (QED) is 0.254. The minimum atomic E-state index is -4.78. The molecule has 0 saturated heterocycles. The summed E-state index contributed by atoms with van der Waals surface area (Å²) in [7, 11) is -4.78. The van der Waals surface area contributed by atoms with Crippen molar-refractivity contribution in [1.29, 1.82) is 0 Å². The van der Waals surface area contributed by atoms with Gasteiger partial charge in [0.05, 0.1) is 13.2 Å². The fraction of sp³-hybridized carbons (Fsp3) is 0.882. The third kappa shape index (κ3) is 9.39. The highest BCUT2D eigenvalue weighted by Gasteiger charge is 2.61. The lowest BCUT2D eigenvalue weighted by atomic mass is 9.97. The fourth-order valence-electron chi connectivity index (χ4n) is 1.79. The highest BCUT2D eigenvalue weighted by molar-refractivity contribution is 8.13. The third-order valence-electron chi connectivity index (χ3n) is 3.37. The molecular formula is C17H31F2O5PS2. The van der Waals surface area contributed by atoms with Crippen molar-refractivity contribution >= 4 is 41.4 Å². The summed E-state index contributed by atoms with van der Waals surface area (Å²) < 4.78 is 52.3. The Morgan fingerprint density at radius 2 is 1.26 bits per heavy atom. The minimum absolute atomic E-state index is 0.0646. The Morgan fingerprint density at radius 1 is 0.889 bits per heavy atom. The van der Waals surface area contributed by atoms with E-state index in [1.165, 1.54) is 20.8 Å². The highest BCUT2D eigenvalue weighted by atomic mass is 32.2. The number of thioether (sulfide) groups is 2. The van der Waals surface area contributed by atoms with E-state index in [4.69, 9.17) is 9.05 Å². The zero-order valence-corrected chi connectivity index (χ0v) is 19.2. The molecule has 0 aliphatic carbocycles. The summed E-state index contributed by atoms with van der Waals surface area (Å²) in [6.07, 6.45) is 2.18. The molecule has 10 heteroatoms. The molecule has 0 unspecified atom stereocenters. The van der Waals surface area contributed by atoms with Crippen LogP contribution in [-0.4, -0.2) is 40.6 Å². The van der Waals surface area contributed by atoms with Crippen LogP contribution in [0.2, 0.25) is 0 Å². The topological polar surface area (TPSA) is 69.7 Å². The second kappa shape index (κ2) is 12.6. The smallest absolute Gasteiger partial charge is 0.304 e. The van der Waals surface area contributed by atoms with Crippen molar-refractivity contribution in [2.75, 3.05) is 24.7 Å². The molecule has 0 radical (unpaired) electrons. The fourth-order valence-corrected chi connectivity index (χ4v) is 5.41. The maximum Gasteiger partial charge on any atom is 0.400 e. The van der Waals surface area contributed by atoms with Gasteiger partial charge in [-0.2, -0.15) is 8.78 Å². The standard InChI is InChI=1S/C17H31F2O5PS2/c1-6-8-14(20)26-12-10-23-25(22,17(18,19)16(3,4)5)24-11-13-27-15(21)9-7-2/h6-13H2,1-5H3. The average molecular weight is 449 g/mol. The Balaban J connectivity index is 4.85. The van der Waals surface area contributed by atoms with E-state index in [0.717, 1.165) is 23.5 Å². The van der Waals surface area contributed by atoms with Crippen molar-refractivity contribution < 1.29 is 32.0 Å². The number of rotatable bonds is 13. The van der Waals surface area contributed by atoms with Gasteiger partial charge in [0.25, 0.3) is 0 Å². The second-order valence-electron chi connectivity index (χ2n) is 6.90. The van der Waals surface area contributed by atoms with E-state index in [2.05, 4.69) is 0 Å². The Bertz CT molecular complexity index is 494. The van der Waals surface area contributed by atoms with Crippen molar-refractivity contribution in [3.8, 4) is 0 Å². The lowest BCUT2D eigenvalue weighted by molar-refractivity contribution is -0.111. The van der Waals surface area contributed by atoms with E-state index < -0.39 is 18.7 Å². The first kappa shape index (κ1) is 27.0. The van der Waals surface area contributed by atoms with Gasteiger partial charge in [-0.1, -0.05) is 58.1 Å². The summed E-state index contributed by atoms with van der Waals surface area (Å²) in [6, 6.07) is 0. The van der Waals surface area contributed by atoms with Crippen LogP contribution in [0.15, 0.2) is 0 Å². The molecular weight excluding hydrogens is 417 g/mol. The number of carbonyl (C=O) groups is 2. The van der Waals surface area contributed by atoms with E-state index >= 15 is 0 Å². The van der Waals surface area contributed by atoms with Crippen molar-refractivity contribution in [2.45, 2.75) is 66.0 Å². The van der Waals surface area contributed by atoms with Gasteiger partial charge in [0.15, 0.2) is 10.2 Å². The molecule has 0 amide bonds. The van der Waals surface area contributed by atoms with Crippen LogP contribution in [0, 0.1) is 5.41 Å². The predicted molar refractivity (Wildman–Crippen MR) is 109 cm³/mol. The zero-order chi connectivity index (χ0) is 21.1. The number of carbonyl (C=O) groups excluding carboxylic acids is 2. The van der Waals surface area contributed by atoms with E-state index in [-0.39, 0.29) is 35.0 Å². The van der Waals surface area contributed by atoms with E-state index in [1.54, 1.807) is 0 Å². The average Bonchev–Trinajstić information content (AvgIpc) is 2.55. The SMILES string of the molecule is CCCC(=O)SCCOP(=O)(OCCSC(=O)CCC)C(F)(F)C(C)(C)C. The predicted octanol–water partition coefficient (Wildman–Crippen LogP) is 5.97. The molecule has 0 aliphatic rings. The van der Waals surface area contributed by atoms with Gasteiger partial charge in [0.2, 0.25) is 0 Å². The normalized spacial score (nSPS) is 13.0. The van der Waals surface area contributed by atoms with Gasteiger partial charge in [-0.15, -0.1) is 0 Å². The van der Waals surface area contributed by atoms with Crippen LogP contribution in [0.1, 0.15) is 60.3 Å². The monoisotopic (exact) mass is 448 g/mol. The van der Waals surface area contributed by atoms with Crippen molar-refractivity contribution in [1.82, 2.24) is 0 Å². The van der Waals surface area contributed by atoms with Gasteiger partial charge in [0, 0.05) is 29.8 Å². The minimum Gasteiger partial charge on any atom is -0.304 e. The first-order valence-electron chi connectivity index (χ1n) is 8.99. The molecule has 0 saturated carbocycles. The van der Waals surface area contributed by atoms with Crippen molar-refractivity contribution in [3.05, 3.63) is 0 Å². The molecule has 0 N–H and O–H groups in total. The van der Waals surface area contributed by atoms with Crippen LogP contribution < -0.4 is 0 Å². The molecule has 0 heterocycles.